The zero-order valence-electron chi connectivity index (χ0n) is 34.5. The van der Waals surface area contributed by atoms with E-state index in [9.17, 15) is 0 Å². The lowest BCUT2D eigenvalue weighted by Crippen LogP contribution is -2.48. The Kier molecular flexibility index (Phi) is 8.69. The highest BCUT2D eigenvalue weighted by Gasteiger charge is 2.26. The van der Waals surface area contributed by atoms with Gasteiger partial charge in [0.2, 0.25) is 0 Å². The van der Waals surface area contributed by atoms with Gasteiger partial charge in [-0.05, 0) is 88.3 Å². The minimum atomic E-state index is 0.179. The first kappa shape index (κ1) is 38.5. The molecule has 3 heterocycles. The number of para-hydroxylation sites is 3. The molecule has 0 N–H and O–H groups in total. The molecule has 14 radical (unpaired) electrons. The van der Waals surface area contributed by atoms with Crippen LogP contribution in [0.5, 0.6) is 0 Å². The Morgan fingerprint density at radius 2 is 0.766 bits per heavy atom. The average molecular weight is 795 g/mol. The molecule has 3 nitrogen and oxygen atoms in total. The summed E-state index contributed by atoms with van der Waals surface area (Å²) < 4.78 is 6.61. The summed E-state index contributed by atoms with van der Waals surface area (Å²) >= 11 is 0. The lowest BCUT2D eigenvalue weighted by molar-refractivity contribution is 1.17. The quantitative estimate of drug-likeness (QED) is 0.194. The van der Waals surface area contributed by atoms with Crippen molar-refractivity contribution in [3.05, 3.63) is 170 Å². The molecule has 64 heavy (non-hydrogen) atoms. The van der Waals surface area contributed by atoms with Crippen LogP contribution in [0.15, 0.2) is 170 Å². The summed E-state index contributed by atoms with van der Waals surface area (Å²) in [6.45, 7) is 0. The monoisotopic (exact) mass is 795 g/mol. The molecule has 10 heteroatoms. The first-order chi connectivity index (χ1) is 31.2. The van der Waals surface area contributed by atoms with Crippen molar-refractivity contribution in [2.75, 3.05) is 0 Å². The summed E-state index contributed by atoms with van der Waals surface area (Å²) in [5.74, 6) is 0. The molecule has 3 aromatic heterocycles. The Morgan fingerprint density at radius 1 is 0.266 bits per heavy atom. The Morgan fingerprint density at radius 3 is 1.44 bits per heavy atom. The smallest absolute Gasteiger partial charge is 0.115 e. The van der Waals surface area contributed by atoms with Crippen molar-refractivity contribution in [2.45, 2.75) is 0 Å². The minimum Gasteiger partial charge on any atom is -0.311 e. The number of benzene rings is 9. The number of hydrogen-bond acceptors (Lipinski definition) is 0. The fourth-order valence-electron chi connectivity index (χ4n) is 10.1. The van der Waals surface area contributed by atoms with Crippen LogP contribution in [0.1, 0.15) is 0 Å². The summed E-state index contributed by atoms with van der Waals surface area (Å²) in [4.78, 5) is 0. The number of aromatic nitrogens is 3. The SMILES string of the molecule is [B]c1c([B])c([B])c2c(c1[B])c1c([B])c(-c3ccc4c5c6c7ccccc7n(-c7cccc(-c8ccccc8)c7)c6ccc5n(-c5ccccc5)c4c3)c([B])c([B])c1n2-c1ccccc1. The first-order valence-electron chi connectivity index (χ1n) is 21.1. The highest BCUT2D eigenvalue weighted by molar-refractivity contribution is 6.69. The minimum absolute atomic E-state index is 0.179. The van der Waals surface area contributed by atoms with Gasteiger partial charge in [-0.25, -0.2) is 0 Å². The molecule has 12 rings (SSSR count). The van der Waals surface area contributed by atoms with Gasteiger partial charge in [0.15, 0.2) is 0 Å². The molecule has 0 bridgehead atoms. The Labute approximate surface area is 379 Å². The predicted octanol–water partition coefficient (Wildman–Crippen LogP) is 5.87. The van der Waals surface area contributed by atoms with E-state index in [0.717, 1.165) is 71.8 Å². The van der Waals surface area contributed by atoms with Crippen LogP contribution in [0.4, 0.5) is 0 Å². The predicted molar refractivity (Wildman–Crippen MR) is 278 cm³/mol. The van der Waals surface area contributed by atoms with E-state index in [1.54, 1.807) is 0 Å². The van der Waals surface area contributed by atoms with Crippen molar-refractivity contribution in [1.82, 2.24) is 13.7 Å². The fraction of sp³-hybridized carbons (Fsp3) is 0. The first-order valence-corrected chi connectivity index (χ1v) is 21.1. The van der Waals surface area contributed by atoms with Gasteiger partial charge >= 0.3 is 0 Å². The number of hydrogen-bond donors (Lipinski definition) is 0. The number of rotatable bonds is 5. The second kappa shape index (κ2) is 14.4. The summed E-state index contributed by atoms with van der Waals surface area (Å²) in [7, 11) is 48.3. The molecular formula is C54H28B7N3. The lowest BCUT2D eigenvalue weighted by Gasteiger charge is -2.19. The molecule has 0 spiro atoms. The molecule has 0 saturated heterocycles. The summed E-state index contributed by atoms with van der Waals surface area (Å²) in [6.07, 6.45) is 0. The van der Waals surface area contributed by atoms with Crippen molar-refractivity contribution < 1.29 is 0 Å². The molecule has 280 valence electrons. The molecule has 0 aliphatic carbocycles. The third kappa shape index (κ3) is 5.38. The zero-order valence-corrected chi connectivity index (χ0v) is 34.5. The molecule has 0 amide bonds. The van der Waals surface area contributed by atoms with Crippen molar-refractivity contribution in [2.24, 2.45) is 0 Å². The zero-order chi connectivity index (χ0) is 43.5. The van der Waals surface area contributed by atoms with Crippen LogP contribution < -0.4 is 38.2 Å². The molecule has 0 saturated carbocycles. The topological polar surface area (TPSA) is 14.8 Å². The maximum Gasteiger partial charge on any atom is 0.115 e. The van der Waals surface area contributed by atoms with E-state index in [0.29, 0.717) is 43.8 Å². The van der Waals surface area contributed by atoms with Gasteiger partial charge in [-0.3, -0.25) is 0 Å². The summed E-state index contributed by atoms with van der Waals surface area (Å²) in [5, 5.41) is 5.67. The van der Waals surface area contributed by atoms with Crippen molar-refractivity contribution in [1.29, 1.82) is 0 Å². The third-order valence-corrected chi connectivity index (χ3v) is 13.0. The molecule has 0 atom stereocenters. The van der Waals surface area contributed by atoms with E-state index in [1.807, 2.05) is 47.0 Å². The van der Waals surface area contributed by atoms with Crippen LogP contribution in [0, 0.1) is 0 Å². The Balaban J connectivity index is 1.17. The van der Waals surface area contributed by atoms with E-state index >= 15 is 0 Å². The number of fused-ring (bicyclic) bond motifs is 10. The normalized spacial score (nSPS) is 11.9. The van der Waals surface area contributed by atoms with Crippen LogP contribution in [0.2, 0.25) is 0 Å². The van der Waals surface area contributed by atoms with Crippen molar-refractivity contribution in [3.8, 4) is 39.3 Å². The van der Waals surface area contributed by atoms with E-state index in [1.165, 1.54) is 5.56 Å². The standard InChI is InChI=1S/C54H28B7N3/c55-46-41(47(56)51(60)53-44(46)45-48(57)49(58)50(59)52(61)54(45)64(53)33-18-8-3-9-19-33)31-23-24-36-40(28-31)62(32-16-6-2-7-17-32)38-25-26-39-42(43(36)38)35-21-10-11-22-37(35)63(39)34-20-12-15-30(27-34)29-13-4-1-5-14-29/h1-28H. The number of nitrogens with zero attached hydrogens (tertiary/aromatic N) is 3. The third-order valence-electron chi connectivity index (χ3n) is 13.0. The van der Waals surface area contributed by atoms with E-state index in [-0.39, 0.29) is 21.9 Å². The Hall–Kier alpha value is -7.17. The molecule has 0 unspecified atom stereocenters. The molecule has 0 aliphatic rings. The van der Waals surface area contributed by atoms with Crippen molar-refractivity contribution >= 4 is 159 Å². The van der Waals surface area contributed by atoms with Gasteiger partial charge in [0, 0.05) is 55.0 Å². The van der Waals surface area contributed by atoms with Crippen LogP contribution >= 0.6 is 0 Å². The van der Waals surface area contributed by atoms with Crippen LogP contribution in [-0.2, 0) is 0 Å². The molecule has 9 aromatic carbocycles. The van der Waals surface area contributed by atoms with E-state index < -0.39 is 0 Å². The molecule has 12 aromatic rings. The van der Waals surface area contributed by atoms with Crippen LogP contribution in [0.25, 0.3) is 105 Å². The highest BCUT2D eigenvalue weighted by atomic mass is 15.0. The van der Waals surface area contributed by atoms with Gasteiger partial charge in [-0.2, -0.15) is 0 Å². The fourth-order valence-corrected chi connectivity index (χ4v) is 10.1. The van der Waals surface area contributed by atoms with Gasteiger partial charge in [-0.1, -0.05) is 137 Å². The van der Waals surface area contributed by atoms with E-state index in [4.69, 9.17) is 54.9 Å². The maximum atomic E-state index is 7.37. The largest absolute Gasteiger partial charge is 0.311 e. The van der Waals surface area contributed by atoms with E-state index in [2.05, 4.69) is 137 Å². The Bertz CT molecular complexity index is 3910. The summed E-state index contributed by atoms with van der Waals surface area (Å²) in [5.41, 5.74) is 13.9. The average Bonchev–Trinajstić information content (AvgIpc) is 3.99. The van der Waals surface area contributed by atoms with Gasteiger partial charge < -0.3 is 13.7 Å². The van der Waals surface area contributed by atoms with Gasteiger partial charge in [0.05, 0.1) is 22.1 Å². The second-order valence-corrected chi connectivity index (χ2v) is 16.4. The molecule has 0 aliphatic heterocycles. The molecular weight excluding hydrogens is 766 g/mol. The van der Waals surface area contributed by atoms with Crippen molar-refractivity contribution in [3.63, 3.8) is 0 Å². The summed E-state index contributed by atoms with van der Waals surface area (Å²) in [6, 6.07) is 58.9. The van der Waals surface area contributed by atoms with Gasteiger partial charge in [-0.15, -0.1) is 10.9 Å². The van der Waals surface area contributed by atoms with Crippen LogP contribution in [0.3, 0.4) is 0 Å². The van der Waals surface area contributed by atoms with Gasteiger partial charge in [0.25, 0.3) is 0 Å². The second-order valence-electron chi connectivity index (χ2n) is 16.4. The maximum absolute atomic E-state index is 7.37. The highest BCUT2D eigenvalue weighted by Crippen LogP contribution is 2.43. The van der Waals surface area contributed by atoms with Crippen LogP contribution in [-0.4, -0.2) is 68.6 Å². The van der Waals surface area contributed by atoms with Gasteiger partial charge in [0.1, 0.15) is 54.9 Å². The lowest BCUT2D eigenvalue weighted by atomic mass is 9.64. The molecule has 0 fully saturated rings.